The first-order chi connectivity index (χ1) is 20.9. The molecule has 1 aliphatic rings. The number of fused-ring (bicyclic) bond motifs is 1. The predicted octanol–water partition coefficient (Wildman–Crippen LogP) is 4.12. The molecular weight excluding hydrogens is 699 g/mol. The Morgan fingerprint density at radius 3 is 2.47 bits per heavy atom. The van der Waals surface area contributed by atoms with Crippen LogP contribution < -0.4 is 5.73 Å². The van der Waals surface area contributed by atoms with Crippen molar-refractivity contribution in [3.05, 3.63) is 48.0 Å². The number of hydrogen-bond acceptors (Lipinski definition) is 15. The minimum Gasteiger partial charge on any atom is -0.456 e. The fourth-order valence-electron chi connectivity index (χ4n) is 4.18. The van der Waals surface area contributed by atoms with E-state index in [9.17, 15) is 28.3 Å². The van der Waals surface area contributed by atoms with Crippen molar-refractivity contribution in [1.29, 1.82) is 0 Å². The van der Waals surface area contributed by atoms with E-state index >= 15 is 0 Å². The number of carbonyl (C=O) groups excluding carboxylic acids is 1. The molecule has 0 spiro atoms. The summed E-state index contributed by atoms with van der Waals surface area (Å²) in [6, 6.07) is 6.88. The molecule has 1 aliphatic heterocycles. The third-order valence-electron chi connectivity index (χ3n) is 5.97. The highest BCUT2D eigenvalue weighted by atomic mass is 33.1. The lowest BCUT2D eigenvalue weighted by molar-refractivity contribution is -0.0490. The Kier molecular flexibility index (Phi) is 11.6. The Hall–Kier alpha value is -1.89. The number of anilines is 1. The van der Waals surface area contributed by atoms with Gasteiger partial charge in [-0.15, -0.1) is 0 Å². The Bertz CT molecular complexity index is 1670. The van der Waals surface area contributed by atoms with Crippen LogP contribution in [0.4, 0.5) is 5.82 Å². The van der Waals surface area contributed by atoms with Crippen LogP contribution in [0, 0.1) is 0 Å². The number of nitrogens with zero attached hydrogens (tertiary/aromatic N) is 4. The van der Waals surface area contributed by atoms with Gasteiger partial charge in [0.05, 0.1) is 18.5 Å². The number of aromatic nitrogens is 4. The van der Waals surface area contributed by atoms with E-state index in [4.69, 9.17) is 29.5 Å². The van der Waals surface area contributed by atoms with Gasteiger partial charge in [-0.1, -0.05) is 53.6 Å². The number of nitrogens with two attached hydrogens (primary N) is 1. The second kappa shape index (κ2) is 14.5. The number of phosphoric acid groups is 3. The van der Waals surface area contributed by atoms with Crippen LogP contribution >= 0.6 is 45.1 Å². The minimum absolute atomic E-state index is 0.0266. The lowest BCUT2D eigenvalue weighted by Gasteiger charge is -2.22. The second-order valence-corrected chi connectivity index (χ2v) is 17.4. The van der Waals surface area contributed by atoms with Gasteiger partial charge in [-0.05, 0) is 18.6 Å². The van der Waals surface area contributed by atoms with Crippen LogP contribution in [0.5, 0.6) is 0 Å². The Morgan fingerprint density at radius 1 is 1.07 bits per heavy atom. The number of phosphoric ester groups is 1. The Labute approximate surface area is 264 Å². The molecule has 1 saturated heterocycles. The molecule has 2 aromatic heterocycles. The van der Waals surface area contributed by atoms with E-state index < -0.39 is 54.5 Å². The molecule has 248 valence electrons. The maximum absolute atomic E-state index is 13.5. The molecule has 1 fully saturated rings. The topological polar surface area (TPSA) is 265 Å². The van der Waals surface area contributed by atoms with E-state index in [2.05, 4.69) is 23.6 Å². The average Bonchev–Trinajstić information content (AvgIpc) is 3.53. The highest BCUT2D eigenvalue weighted by Crippen LogP contribution is 2.66. The number of imidazole rings is 1. The van der Waals surface area contributed by atoms with E-state index in [0.717, 1.165) is 0 Å². The fourth-order valence-corrected chi connectivity index (χ4v) is 9.39. The average molecular weight is 730 g/mol. The summed E-state index contributed by atoms with van der Waals surface area (Å²) in [6.07, 6.45) is -0.749. The van der Waals surface area contributed by atoms with Gasteiger partial charge in [0.1, 0.15) is 30.3 Å². The molecule has 45 heavy (non-hydrogen) atoms. The molecule has 0 bridgehead atoms. The molecule has 3 heterocycles. The Morgan fingerprint density at radius 2 is 1.78 bits per heavy atom. The zero-order chi connectivity index (χ0) is 33.2. The first kappa shape index (κ1) is 36.0. The van der Waals surface area contributed by atoms with Gasteiger partial charge >= 0.3 is 29.4 Å². The molecule has 3 aromatic rings. The number of carbonyl (C=O) groups is 1. The summed E-state index contributed by atoms with van der Waals surface area (Å²) in [7, 11) is -13.6. The molecular formula is C22H30N5O13P3S2. The van der Waals surface area contributed by atoms with Crippen molar-refractivity contribution < 1.29 is 60.7 Å². The summed E-state index contributed by atoms with van der Waals surface area (Å²) in [5.74, 6) is -0.615. The van der Waals surface area contributed by atoms with Gasteiger partial charge in [0.15, 0.2) is 11.5 Å². The smallest absolute Gasteiger partial charge is 0.456 e. The van der Waals surface area contributed by atoms with Crippen LogP contribution in [0.3, 0.4) is 0 Å². The van der Waals surface area contributed by atoms with Crippen LogP contribution in [0.2, 0.25) is 0 Å². The maximum atomic E-state index is 13.5. The van der Waals surface area contributed by atoms with Crippen LogP contribution in [0.15, 0.2) is 36.9 Å². The van der Waals surface area contributed by atoms with E-state index in [-0.39, 0.29) is 34.2 Å². The second-order valence-electron chi connectivity index (χ2n) is 9.75. The van der Waals surface area contributed by atoms with E-state index in [1.54, 1.807) is 45.9 Å². The van der Waals surface area contributed by atoms with Crippen LogP contribution in [0.25, 0.3) is 11.2 Å². The standard InChI is InChI=1S/C22H30N5O13P3S2/c1-12(2)44-45-13(3)14-6-4-5-7-15(14)22(28)38-16-8-18(27-11-26-19-20(23)24-10-25-21(19)27)37-17(16)9-36-42(32,33)40-43(34,35)39-41(29,30)31/h4-7,10-13,16-18H,8-9H2,1-3H3,(H,32,33)(H,34,35)(H2,23,24,25)(H2,29,30,31)/t13?,16-,17-,18-/m1/s1. The zero-order valence-electron chi connectivity index (χ0n) is 23.8. The summed E-state index contributed by atoms with van der Waals surface area (Å²) in [6.45, 7) is 5.20. The van der Waals surface area contributed by atoms with Crippen molar-refractivity contribution in [1.82, 2.24) is 19.5 Å². The summed E-state index contributed by atoms with van der Waals surface area (Å²) in [5, 5.41) is 0.261. The van der Waals surface area contributed by atoms with Crippen molar-refractivity contribution in [2.24, 2.45) is 0 Å². The maximum Gasteiger partial charge on any atom is 0.490 e. The highest BCUT2D eigenvalue weighted by Gasteiger charge is 2.44. The van der Waals surface area contributed by atoms with E-state index in [0.29, 0.717) is 10.8 Å². The molecule has 6 atom stereocenters. The zero-order valence-corrected chi connectivity index (χ0v) is 28.1. The van der Waals surface area contributed by atoms with Crippen molar-refractivity contribution in [2.45, 2.75) is 56.1 Å². The SMILES string of the molecule is CC(C)SSC(C)c1ccccc1C(=O)O[C@@H]1C[C@H](n2cnc3c(N)ncnc32)O[C@@H]1COP(=O)(O)OP(=O)(O)OP(=O)(O)O. The number of nitrogen functional groups attached to an aromatic ring is 1. The molecule has 4 rings (SSSR count). The van der Waals surface area contributed by atoms with Crippen LogP contribution in [0.1, 0.15) is 54.6 Å². The molecule has 1 aromatic carbocycles. The predicted molar refractivity (Wildman–Crippen MR) is 162 cm³/mol. The first-order valence-corrected chi connectivity index (χ1v) is 19.7. The molecule has 23 heteroatoms. The van der Waals surface area contributed by atoms with Gasteiger partial charge in [0.25, 0.3) is 0 Å². The molecule has 0 amide bonds. The summed E-state index contributed by atoms with van der Waals surface area (Å²) in [5.41, 5.74) is 7.43. The normalized spacial score (nSPS) is 22.3. The van der Waals surface area contributed by atoms with Crippen molar-refractivity contribution in [3.63, 3.8) is 0 Å². The summed E-state index contributed by atoms with van der Waals surface area (Å²) in [4.78, 5) is 62.7. The Balaban J connectivity index is 1.57. The monoisotopic (exact) mass is 729 g/mol. The number of rotatable bonds is 14. The van der Waals surface area contributed by atoms with Gasteiger partial charge in [0.2, 0.25) is 0 Å². The van der Waals surface area contributed by atoms with Gasteiger partial charge < -0.3 is 34.8 Å². The van der Waals surface area contributed by atoms with Crippen LogP contribution in [-0.4, -0.2) is 69.1 Å². The molecule has 0 saturated carbocycles. The van der Waals surface area contributed by atoms with Crippen molar-refractivity contribution in [2.75, 3.05) is 12.3 Å². The molecule has 3 unspecified atom stereocenters. The molecule has 18 nitrogen and oxygen atoms in total. The number of benzene rings is 1. The van der Waals surface area contributed by atoms with Crippen molar-refractivity contribution >= 4 is 68.0 Å². The highest BCUT2D eigenvalue weighted by molar-refractivity contribution is 8.77. The summed E-state index contributed by atoms with van der Waals surface area (Å²) >= 11 is 0. The number of esters is 1. The number of ether oxygens (including phenoxy) is 2. The third kappa shape index (κ3) is 9.81. The van der Waals surface area contributed by atoms with Crippen LogP contribution in [-0.2, 0) is 36.3 Å². The first-order valence-electron chi connectivity index (χ1n) is 12.9. The molecule has 6 N–H and O–H groups in total. The van der Waals surface area contributed by atoms with Gasteiger partial charge in [-0.3, -0.25) is 9.09 Å². The lowest BCUT2D eigenvalue weighted by atomic mass is 10.0. The summed E-state index contributed by atoms with van der Waals surface area (Å²) < 4.78 is 60.7. The molecule has 0 aliphatic carbocycles. The van der Waals surface area contributed by atoms with E-state index in [1.165, 1.54) is 17.2 Å². The quantitative estimate of drug-likeness (QED) is 0.0887. The third-order valence-corrected chi connectivity index (χ3v) is 13.2. The van der Waals surface area contributed by atoms with Gasteiger partial charge in [-0.2, -0.15) is 8.62 Å². The van der Waals surface area contributed by atoms with E-state index in [1.807, 2.05) is 20.8 Å². The van der Waals surface area contributed by atoms with Crippen molar-refractivity contribution in [3.8, 4) is 0 Å². The van der Waals surface area contributed by atoms with Gasteiger partial charge in [0, 0.05) is 16.9 Å². The minimum atomic E-state index is -5.76. The lowest BCUT2D eigenvalue weighted by Crippen LogP contribution is -2.31. The largest absolute Gasteiger partial charge is 0.490 e. The number of hydrogen-bond donors (Lipinski definition) is 5. The molecule has 0 radical (unpaired) electrons. The fraction of sp³-hybridized carbons (Fsp3) is 0.455. The van der Waals surface area contributed by atoms with Gasteiger partial charge in [-0.25, -0.2) is 33.4 Å².